The minimum Gasteiger partial charge on any atom is -0.657 e. The second kappa shape index (κ2) is 4.56. The van der Waals surface area contributed by atoms with Gasteiger partial charge in [0.15, 0.2) is 0 Å². The monoisotopic (exact) mass is 181 g/mol. The summed E-state index contributed by atoms with van der Waals surface area (Å²) in [6.45, 7) is 1.81. The molecule has 0 aliphatic heterocycles. The molecule has 0 heterocycles. The molecule has 3 nitrogen and oxygen atoms in total. The first kappa shape index (κ1) is 8.80. The van der Waals surface area contributed by atoms with Crippen molar-refractivity contribution < 1.29 is 14.0 Å². The fourth-order valence-corrected chi connectivity index (χ4v) is 0.946. The van der Waals surface area contributed by atoms with Gasteiger partial charge in [-0.05, 0) is 12.1 Å². The van der Waals surface area contributed by atoms with Crippen LogP contribution in [0.25, 0.3) is 0 Å². The maximum atomic E-state index is 10.8. The van der Waals surface area contributed by atoms with Crippen molar-refractivity contribution in [1.29, 1.82) is 0 Å². The zero-order chi connectivity index (χ0) is 8.81. The molecule has 0 radical (unpaired) electrons. The summed E-state index contributed by atoms with van der Waals surface area (Å²) in [5, 5.41) is 0. The van der Waals surface area contributed by atoms with Gasteiger partial charge in [0.25, 0.3) is 0 Å². The Kier molecular flexibility index (Phi) is 3.34. The van der Waals surface area contributed by atoms with E-state index in [-0.39, 0.29) is 9.76 Å². The van der Waals surface area contributed by atoms with Gasteiger partial charge in [-0.15, -0.1) is 0 Å². The van der Waals surface area contributed by atoms with Crippen molar-refractivity contribution in [2.45, 2.75) is 6.55 Å². The van der Waals surface area contributed by atoms with Crippen molar-refractivity contribution in [2.75, 3.05) is 0 Å². The molecule has 1 aromatic carbocycles. The predicted molar refractivity (Wildman–Crippen MR) is 46.6 cm³/mol. The molecule has 0 aliphatic rings. The van der Waals surface area contributed by atoms with Crippen LogP contribution in [0.4, 0.5) is 4.79 Å². The first-order chi connectivity index (χ1) is 5.83. The summed E-state index contributed by atoms with van der Waals surface area (Å²) in [6, 6.07) is 8.84. The largest absolute Gasteiger partial charge is 0.657 e. The van der Waals surface area contributed by atoms with Crippen LogP contribution in [0.3, 0.4) is 0 Å². The molecule has 0 amide bonds. The van der Waals surface area contributed by atoms with Crippen molar-refractivity contribution in [2.24, 2.45) is 0 Å². The molecule has 0 spiro atoms. The van der Waals surface area contributed by atoms with Crippen molar-refractivity contribution in [3.05, 3.63) is 30.3 Å². The Hall–Kier alpha value is -1.29. The molecule has 0 saturated heterocycles. The number of hydrogen-bond acceptors (Lipinski definition) is 3. The van der Waals surface area contributed by atoms with E-state index in [0.29, 0.717) is 5.75 Å². The molecule has 0 bridgehead atoms. The zero-order valence-corrected chi connectivity index (χ0v) is 7.84. The van der Waals surface area contributed by atoms with Gasteiger partial charge < -0.3 is 9.16 Å². The summed E-state index contributed by atoms with van der Waals surface area (Å²) in [5.74, 6) is 0.510. The van der Waals surface area contributed by atoms with E-state index in [1.165, 1.54) is 0 Å². The molecule has 0 saturated carbocycles. The molecule has 0 atom stereocenters. The number of ether oxygens (including phenoxy) is 1. The quantitative estimate of drug-likeness (QED) is 0.395. The highest BCUT2D eigenvalue weighted by molar-refractivity contribution is 6.28. The van der Waals surface area contributed by atoms with Crippen LogP contribution in [0.1, 0.15) is 0 Å². The second-order valence-electron chi connectivity index (χ2n) is 2.02. The van der Waals surface area contributed by atoms with Gasteiger partial charge in [0.05, 0.1) is 0 Å². The van der Waals surface area contributed by atoms with Crippen LogP contribution >= 0.6 is 0 Å². The Morgan fingerprint density at radius 2 is 2.00 bits per heavy atom. The molecule has 0 aromatic heterocycles. The van der Waals surface area contributed by atoms with E-state index in [0.717, 1.165) is 0 Å². The van der Waals surface area contributed by atoms with Crippen LogP contribution in [0.5, 0.6) is 5.75 Å². The average molecular weight is 181 g/mol. The highest BCUT2D eigenvalue weighted by atomic mass is 28.2. The van der Waals surface area contributed by atoms with Gasteiger partial charge in [0.2, 0.25) is 0 Å². The molecule has 1 aromatic rings. The molecular weight excluding hydrogens is 172 g/mol. The summed E-state index contributed by atoms with van der Waals surface area (Å²) in [5.41, 5.74) is 0. The molecule has 64 valence electrons. The Balaban J connectivity index is 2.47. The van der Waals surface area contributed by atoms with Crippen LogP contribution in [-0.4, -0.2) is 15.9 Å². The normalized spacial score (nSPS) is 9.08. The molecule has 0 unspecified atom stereocenters. The minimum atomic E-state index is -0.626. The van der Waals surface area contributed by atoms with Gasteiger partial charge in [-0.1, -0.05) is 28.0 Å². The first-order valence-electron chi connectivity index (χ1n) is 3.54. The van der Waals surface area contributed by atoms with Gasteiger partial charge in [-0.2, -0.15) is 6.55 Å². The van der Waals surface area contributed by atoms with E-state index in [2.05, 4.69) is 4.43 Å². The van der Waals surface area contributed by atoms with E-state index in [1.807, 2.05) is 12.6 Å². The standard InChI is InChI=1S/C8H9O3Si/c1-12-11-8(9)10-7-5-3-2-4-6-7/h2-6,12H,1H3/q-1. The number of rotatable bonds is 2. The first-order valence-corrected chi connectivity index (χ1v) is 5.17. The third-order valence-electron chi connectivity index (χ3n) is 1.16. The van der Waals surface area contributed by atoms with Crippen LogP contribution in [0.2, 0.25) is 6.55 Å². The van der Waals surface area contributed by atoms with E-state index in [1.54, 1.807) is 24.3 Å². The molecule has 12 heavy (non-hydrogen) atoms. The van der Waals surface area contributed by atoms with E-state index in [4.69, 9.17) is 4.74 Å². The van der Waals surface area contributed by atoms with E-state index < -0.39 is 6.16 Å². The van der Waals surface area contributed by atoms with Gasteiger partial charge in [-0.25, -0.2) is 4.79 Å². The lowest BCUT2D eigenvalue weighted by atomic mass is 10.3. The summed E-state index contributed by atoms with van der Waals surface area (Å²) in [7, 11) is -0.304. The third-order valence-corrected chi connectivity index (χ3v) is 1.59. The lowest BCUT2D eigenvalue weighted by Gasteiger charge is -2.10. The van der Waals surface area contributed by atoms with Crippen molar-refractivity contribution in [1.82, 2.24) is 0 Å². The fraction of sp³-hybridized carbons (Fsp3) is 0.125. The van der Waals surface area contributed by atoms with Crippen LogP contribution in [-0.2, 0) is 4.43 Å². The van der Waals surface area contributed by atoms with Crippen molar-refractivity contribution in [3.8, 4) is 5.75 Å². The predicted octanol–water partition coefficient (Wildman–Crippen LogP) is 1.60. The smallest absolute Gasteiger partial charge is 0.467 e. The molecule has 0 fully saturated rings. The van der Waals surface area contributed by atoms with Gasteiger partial charge in [0, 0.05) is 0 Å². The van der Waals surface area contributed by atoms with Gasteiger partial charge in [0.1, 0.15) is 5.75 Å². The maximum absolute atomic E-state index is 10.8. The summed E-state index contributed by atoms with van der Waals surface area (Å²) >= 11 is 0. The van der Waals surface area contributed by atoms with E-state index >= 15 is 0 Å². The number of benzene rings is 1. The Morgan fingerprint density at radius 3 is 2.58 bits per heavy atom. The Morgan fingerprint density at radius 1 is 1.33 bits per heavy atom. The topological polar surface area (TPSA) is 35.5 Å². The molecule has 0 N–H and O–H groups in total. The summed E-state index contributed by atoms with van der Waals surface area (Å²) < 4.78 is 9.48. The van der Waals surface area contributed by atoms with Crippen LogP contribution in [0, 0.1) is 0 Å². The van der Waals surface area contributed by atoms with Crippen molar-refractivity contribution in [3.63, 3.8) is 0 Å². The molecule has 1 rings (SSSR count). The summed E-state index contributed by atoms with van der Waals surface area (Å²) in [6.07, 6.45) is -0.626. The van der Waals surface area contributed by atoms with Crippen LogP contribution < -0.4 is 4.74 Å². The van der Waals surface area contributed by atoms with Gasteiger partial charge in [-0.3, -0.25) is 0 Å². The lowest BCUT2D eigenvalue weighted by molar-refractivity contribution is 0.154. The highest BCUT2D eigenvalue weighted by Crippen LogP contribution is 2.08. The SMILES string of the molecule is C[SiH-]OC(=O)Oc1ccccc1. The number of hydrogen-bond donors (Lipinski definition) is 0. The minimum absolute atomic E-state index is 0.304. The number of carbonyl (C=O) groups excluding carboxylic acids is 1. The molecule has 0 aliphatic carbocycles. The van der Waals surface area contributed by atoms with Gasteiger partial charge >= 0.3 is 6.16 Å². The number of para-hydroxylation sites is 1. The Bertz CT molecular complexity index is 248. The number of carbonyl (C=O) groups is 1. The fourth-order valence-electron chi connectivity index (χ4n) is 0.705. The molecular formula is C8H9O3Si-. The average Bonchev–Trinajstić information content (AvgIpc) is 2.06. The highest BCUT2D eigenvalue weighted by Gasteiger charge is 1.97. The third kappa shape index (κ3) is 2.75. The zero-order valence-electron chi connectivity index (χ0n) is 6.69. The van der Waals surface area contributed by atoms with Crippen molar-refractivity contribution >= 4 is 15.9 Å². The Labute approximate surface area is 73.2 Å². The van der Waals surface area contributed by atoms with Crippen LogP contribution in [0.15, 0.2) is 30.3 Å². The second-order valence-corrected chi connectivity index (χ2v) is 2.73. The maximum Gasteiger partial charge on any atom is 0.467 e. The molecule has 4 heteroatoms. The lowest BCUT2D eigenvalue weighted by Crippen LogP contribution is -2.11. The van der Waals surface area contributed by atoms with E-state index in [9.17, 15) is 4.79 Å². The summed E-state index contributed by atoms with van der Waals surface area (Å²) in [4.78, 5) is 10.8.